The predicted molar refractivity (Wildman–Crippen MR) is 79.5 cm³/mol. The van der Waals surface area contributed by atoms with Crippen LogP contribution in [0, 0.1) is 5.82 Å². The van der Waals surface area contributed by atoms with Gasteiger partial charge in [-0.15, -0.1) is 0 Å². The van der Waals surface area contributed by atoms with Crippen molar-refractivity contribution >= 4 is 18.0 Å². The Bertz CT molecular complexity index is 526. The third-order valence-electron chi connectivity index (χ3n) is 2.97. The number of halogens is 1. The fourth-order valence-electron chi connectivity index (χ4n) is 1.84. The van der Waals surface area contributed by atoms with Crippen LogP contribution >= 0.6 is 0 Å². The number of hydrogen-bond acceptors (Lipinski definition) is 2. The summed E-state index contributed by atoms with van der Waals surface area (Å²) in [6.07, 6.45) is 6.38. The van der Waals surface area contributed by atoms with Crippen molar-refractivity contribution in [3.8, 4) is 0 Å². The van der Waals surface area contributed by atoms with Crippen molar-refractivity contribution in [2.24, 2.45) is 0 Å². The molecule has 114 valence electrons. The van der Waals surface area contributed by atoms with Gasteiger partial charge < -0.3 is 10.4 Å². The first-order valence-corrected chi connectivity index (χ1v) is 7.03. The lowest BCUT2D eigenvalue weighted by atomic mass is 10.1. The van der Waals surface area contributed by atoms with E-state index in [4.69, 9.17) is 5.11 Å². The molecule has 21 heavy (non-hydrogen) atoms. The van der Waals surface area contributed by atoms with Gasteiger partial charge >= 0.3 is 5.97 Å². The van der Waals surface area contributed by atoms with E-state index < -0.39 is 17.7 Å². The predicted octanol–water partition coefficient (Wildman–Crippen LogP) is 3.23. The second-order valence-electron chi connectivity index (χ2n) is 4.73. The Labute approximate surface area is 123 Å². The molecular formula is C16H20FNO3. The van der Waals surface area contributed by atoms with E-state index in [1.807, 2.05) is 0 Å². The van der Waals surface area contributed by atoms with E-state index in [2.05, 4.69) is 12.2 Å². The molecule has 0 saturated carbocycles. The number of unbranched alkanes of at least 4 members (excludes halogenated alkanes) is 3. The molecule has 0 unspecified atom stereocenters. The molecule has 0 heterocycles. The summed E-state index contributed by atoms with van der Waals surface area (Å²) in [5.74, 6) is -2.19. The molecule has 0 aromatic heterocycles. The van der Waals surface area contributed by atoms with Crippen LogP contribution in [0.1, 0.15) is 48.5 Å². The minimum atomic E-state index is -1.10. The Morgan fingerprint density at radius 3 is 2.71 bits per heavy atom. The fraction of sp³-hybridized carbons (Fsp3) is 0.375. The molecule has 0 radical (unpaired) electrons. The van der Waals surface area contributed by atoms with Gasteiger partial charge in [0.15, 0.2) is 0 Å². The lowest BCUT2D eigenvalue weighted by Crippen LogP contribution is -2.25. The minimum Gasteiger partial charge on any atom is -0.478 e. The van der Waals surface area contributed by atoms with Crippen LogP contribution in [-0.2, 0) is 4.79 Å². The number of hydrogen-bond donors (Lipinski definition) is 2. The number of carboxylic acid groups (broad SMARTS) is 1. The summed E-state index contributed by atoms with van der Waals surface area (Å²) in [4.78, 5) is 22.3. The molecule has 1 amide bonds. The first-order chi connectivity index (χ1) is 10.0. The Balaban J connectivity index is 2.65. The number of nitrogens with one attached hydrogen (secondary N) is 1. The van der Waals surface area contributed by atoms with E-state index >= 15 is 0 Å². The third kappa shape index (κ3) is 6.21. The molecule has 4 nitrogen and oxygen atoms in total. The number of benzene rings is 1. The van der Waals surface area contributed by atoms with Gasteiger partial charge in [-0.2, -0.15) is 0 Å². The molecule has 0 aliphatic rings. The number of rotatable bonds is 8. The Morgan fingerprint density at radius 2 is 2.05 bits per heavy atom. The smallest absolute Gasteiger partial charge is 0.328 e. The van der Waals surface area contributed by atoms with Gasteiger partial charge in [0, 0.05) is 12.6 Å². The number of carbonyl (C=O) groups excluding carboxylic acids is 1. The summed E-state index contributed by atoms with van der Waals surface area (Å²) in [6.45, 7) is 2.61. The van der Waals surface area contributed by atoms with Crippen molar-refractivity contribution in [1.82, 2.24) is 5.32 Å². The van der Waals surface area contributed by atoms with E-state index in [0.29, 0.717) is 12.1 Å². The summed E-state index contributed by atoms with van der Waals surface area (Å²) >= 11 is 0. The maximum absolute atomic E-state index is 13.6. The number of carbonyl (C=O) groups is 2. The first kappa shape index (κ1) is 16.9. The monoisotopic (exact) mass is 293 g/mol. The van der Waals surface area contributed by atoms with Crippen LogP contribution in [0.5, 0.6) is 0 Å². The standard InChI is InChI=1S/C16H20FNO3/c1-2-3-4-5-10-18-16(21)13-11-12(6-8-14(13)17)7-9-15(19)20/h6-9,11H,2-5,10H2,1H3,(H,18,21)(H,19,20). The van der Waals surface area contributed by atoms with Gasteiger partial charge in [0.25, 0.3) is 5.91 Å². The van der Waals surface area contributed by atoms with Crippen molar-refractivity contribution in [2.45, 2.75) is 32.6 Å². The van der Waals surface area contributed by atoms with Crippen LogP contribution in [0.15, 0.2) is 24.3 Å². The lowest BCUT2D eigenvalue weighted by molar-refractivity contribution is -0.131. The van der Waals surface area contributed by atoms with E-state index in [0.717, 1.165) is 37.8 Å². The topological polar surface area (TPSA) is 66.4 Å². The van der Waals surface area contributed by atoms with Crippen LogP contribution < -0.4 is 5.32 Å². The van der Waals surface area contributed by atoms with E-state index in [1.165, 1.54) is 18.2 Å². The highest BCUT2D eigenvalue weighted by Gasteiger charge is 2.11. The summed E-state index contributed by atoms with van der Waals surface area (Å²) < 4.78 is 13.6. The van der Waals surface area contributed by atoms with Gasteiger partial charge in [0.2, 0.25) is 0 Å². The molecule has 5 heteroatoms. The summed E-state index contributed by atoms with van der Waals surface area (Å²) in [5.41, 5.74) is 0.396. The molecule has 2 N–H and O–H groups in total. The highest BCUT2D eigenvalue weighted by Crippen LogP contribution is 2.12. The number of carboxylic acids is 1. The molecule has 0 atom stereocenters. The van der Waals surface area contributed by atoms with Crippen molar-refractivity contribution in [3.05, 3.63) is 41.2 Å². The molecule has 1 rings (SSSR count). The fourth-order valence-corrected chi connectivity index (χ4v) is 1.84. The maximum Gasteiger partial charge on any atom is 0.328 e. The average Bonchev–Trinajstić information content (AvgIpc) is 2.45. The SMILES string of the molecule is CCCCCCNC(=O)c1cc(C=CC(=O)O)ccc1F. The van der Waals surface area contributed by atoms with Gasteiger partial charge in [-0.05, 0) is 30.2 Å². The van der Waals surface area contributed by atoms with Gasteiger partial charge in [-0.25, -0.2) is 9.18 Å². The molecule has 0 spiro atoms. The normalized spacial score (nSPS) is 10.8. The molecule has 0 bridgehead atoms. The van der Waals surface area contributed by atoms with Gasteiger partial charge in [0.05, 0.1) is 5.56 Å². The van der Waals surface area contributed by atoms with Gasteiger partial charge in [0.1, 0.15) is 5.82 Å². The number of aliphatic carboxylic acids is 1. The van der Waals surface area contributed by atoms with Crippen molar-refractivity contribution in [3.63, 3.8) is 0 Å². The molecule has 0 aliphatic heterocycles. The van der Waals surface area contributed by atoms with Crippen LogP contribution in [0.4, 0.5) is 4.39 Å². The average molecular weight is 293 g/mol. The van der Waals surface area contributed by atoms with E-state index in [9.17, 15) is 14.0 Å². The van der Waals surface area contributed by atoms with E-state index in [-0.39, 0.29) is 5.56 Å². The molecule has 0 saturated heterocycles. The first-order valence-electron chi connectivity index (χ1n) is 7.03. The molecule has 0 fully saturated rings. The van der Waals surface area contributed by atoms with Gasteiger partial charge in [-0.3, -0.25) is 4.79 Å². The highest BCUT2D eigenvalue weighted by atomic mass is 19.1. The number of amides is 1. The summed E-state index contributed by atoms with van der Waals surface area (Å²) in [7, 11) is 0. The zero-order valence-electron chi connectivity index (χ0n) is 12.1. The Morgan fingerprint density at radius 1 is 1.29 bits per heavy atom. The lowest BCUT2D eigenvalue weighted by Gasteiger charge is -2.07. The molecular weight excluding hydrogens is 273 g/mol. The van der Waals surface area contributed by atoms with Crippen molar-refractivity contribution in [1.29, 1.82) is 0 Å². The highest BCUT2D eigenvalue weighted by molar-refractivity contribution is 5.95. The zero-order valence-corrected chi connectivity index (χ0v) is 12.1. The van der Waals surface area contributed by atoms with Crippen molar-refractivity contribution in [2.75, 3.05) is 6.54 Å². The van der Waals surface area contributed by atoms with Crippen LogP contribution in [-0.4, -0.2) is 23.5 Å². The Hall–Kier alpha value is -2.17. The van der Waals surface area contributed by atoms with Crippen molar-refractivity contribution < 1.29 is 19.1 Å². The largest absolute Gasteiger partial charge is 0.478 e. The summed E-state index contributed by atoms with van der Waals surface area (Å²) in [5, 5.41) is 11.2. The maximum atomic E-state index is 13.6. The Kier molecular flexibility index (Phi) is 7.15. The quantitative estimate of drug-likeness (QED) is 0.571. The minimum absolute atomic E-state index is 0.0713. The van der Waals surface area contributed by atoms with E-state index in [1.54, 1.807) is 0 Å². The second-order valence-corrected chi connectivity index (χ2v) is 4.73. The van der Waals surface area contributed by atoms with Crippen LogP contribution in [0.3, 0.4) is 0 Å². The molecule has 1 aromatic carbocycles. The van der Waals surface area contributed by atoms with Crippen LogP contribution in [0.2, 0.25) is 0 Å². The second kappa shape index (κ2) is 8.89. The third-order valence-corrected chi connectivity index (χ3v) is 2.97. The zero-order chi connectivity index (χ0) is 15.7. The van der Waals surface area contributed by atoms with Crippen LogP contribution in [0.25, 0.3) is 6.08 Å². The summed E-state index contributed by atoms with van der Waals surface area (Å²) in [6, 6.07) is 3.93. The molecule has 0 aliphatic carbocycles. The molecule has 1 aromatic rings. The van der Waals surface area contributed by atoms with Gasteiger partial charge in [-0.1, -0.05) is 32.3 Å².